The molecule has 8 heteroatoms. The summed E-state index contributed by atoms with van der Waals surface area (Å²) in [7, 11) is 0. The van der Waals surface area contributed by atoms with Crippen molar-refractivity contribution in [2.45, 2.75) is 47.0 Å². The van der Waals surface area contributed by atoms with Crippen LogP contribution in [0.1, 0.15) is 47.0 Å². The van der Waals surface area contributed by atoms with Gasteiger partial charge in [-0.05, 0) is 6.92 Å². The Morgan fingerprint density at radius 3 is 0.737 bits per heavy atom. The Bertz CT molecular complexity index is 174. The van der Waals surface area contributed by atoms with E-state index in [1.54, 1.807) is 27.7 Å². The first-order valence-corrected chi connectivity index (χ1v) is 5.49. The molecule has 0 aromatic heterocycles. The van der Waals surface area contributed by atoms with Crippen molar-refractivity contribution in [3.05, 3.63) is 0 Å². The van der Waals surface area contributed by atoms with Crippen LogP contribution in [0.25, 0.3) is 0 Å². The minimum atomic E-state index is -0.745. The van der Waals surface area contributed by atoms with Crippen molar-refractivity contribution in [1.29, 1.82) is 0 Å². The molecule has 0 saturated carbocycles. The molecule has 0 aliphatic rings. The summed E-state index contributed by atoms with van der Waals surface area (Å²) in [6, 6.07) is 0. The Labute approximate surface area is 128 Å². The van der Waals surface area contributed by atoms with Gasteiger partial charge in [0.2, 0.25) is 0 Å². The van der Waals surface area contributed by atoms with Crippen molar-refractivity contribution in [3.8, 4) is 0 Å². The Morgan fingerprint density at radius 2 is 0.737 bits per heavy atom. The van der Waals surface area contributed by atoms with Gasteiger partial charge in [-0.3, -0.25) is 14.4 Å². The number of aliphatic carboxylic acids is 3. The monoisotopic (exact) mass is 316 g/mol. The van der Waals surface area contributed by atoms with E-state index >= 15 is 0 Å². The summed E-state index contributed by atoms with van der Waals surface area (Å²) < 4.78 is 0. The van der Waals surface area contributed by atoms with Gasteiger partial charge in [0.25, 0.3) is 0 Å². The molecule has 0 aromatic carbocycles. The molecule has 0 bridgehead atoms. The number of hydrogen-bond donors (Lipinski definition) is 4. The summed E-state index contributed by atoms with van der Waals surface area (Å²) in [5.74, 6) is -2.24. The van der Waals surface area contributed by atoms with Gasteiger partial charge < -0.3 is 20.4 Å². The molecule has 0 atom stereocenters. The molecule has 0 saturated heterocycles. The van der Waals surface area contributed by atoms with Crippen molar-refractivity contribution >= 4 is 17.9 Å². The van der Waals surface area contributed by atoms with E-state index in [0.717, 1.165) is 0 Å². The van der Waals surface area contributed by atoms with Crippen LogP contribution in [-0.4, -0.2) is 44.9 Å². The molecule has 0 rings (SSSR count). The molecule has 0 fully saturated rings. The molecule has 0 aliphatic heterocycles. The zero-order valence-corrected chi connectivity index (χ0v) is 13.4. The molecule has 114 valence electrons. The van der Waals surface area contributed by atoms with Crippen LogP contribution in [0.3, 0.4) is 0 Å². The van der Waals surface area contributed by atoms with E-state index in [9.17, 15) is 14.4 Å². The van der Waals surface area contributed by atoms with Gasteiger partial charge in [-0.25, -0.2) is 0 Å². The normalized spacial score (nSPS) is 6.79. The van der Waals surface area contributed by atoms with Crippen molar-refractivity contribution < 1.29 is 56.5 Å². The molecular formula is C11H24O7Ti. The first-order chi connectivity index (χ1) is 8.22. The second-order valence-electron chi connectivity index (χ2n) is 2.56. The molecule has 4 N–H and O–H groups in total. The number of carboxylic acids is 3. The van der Waals surface area contributed by atoms with E-state index in [4.69, 9.17) is 20.4 Å². The summed E-state index contributed by atoms with van der Waals surface area (Å²) in [6.45, 7) is 6.73. The van der Waals surface area contributed by atoms with Gasteiger partial charge in [0.15, 0.2) is 0 Å². The van der Waals surface area contributed by atoms with Gasteiger partial charge in [-0.2, -0.15) is 0 Å². The SMILES string of the molecule is CCC(=O)O.CCC(=O)O.CCC(=O)O.CCO.[Ti]. The Kier molecular flexibility index (Phi) is 49.1. The fourth-order valence-corrected chi connectivity index (χ4v) is 0. The molecule has 0 unspecified atom stereocenters. The number of aliphatic hydroxyl groups excluding tert-OH is 1. The number of carboxylic acid groups (broad SMARTS) is 3. The second-order valence-corrected chi connectivity index (χ2v) is 2.56. The van der Waals surface area contributed by atoms with E-state index < -0.39 is 17.9 Å². The molecule has 0 aliphatic carbocycles. The van der Waals surface area contributed by atoms with E-state index in [1.807, 2.05) is 0 Å². The third kappa shape index (κ3) is 150. The topological polar surface area (TPSA) is 132 Å². The average molecular weight is 316 g/mol. The molecule has 0 amide bonds. The first-order valence-electron chi connectivity index (χ1n) is 5.49. The summed E-state index contributed by atoms with van der Waals surface area (Å²) in [6.07, 6.45) is 0.667. The zero-order valence-electron chi connectivity index (χ0n) is 11.8. The molecule has 19 heavy (non-hydrogen) atoms. The molecule has 7 nitrogen and oxygen atoms in total. The third-order valence-electron chi connectivity index (χ3n) is 0.907. The average Bonchev–Trinajstić information content (AvgIpc) is 2.31. The van der Waals surface area contributed by atoms with Crippen LogP contribution in [0.5, 0.6) is 0 Å². The van der Waals surface area contributed by atoms with Crippen LogP contribution < -0.4 is 0 Å². The largest absolute Gasteiger partial charge is 0.481 e. The molecule has 0 aromatic rings. The maximum atomic E-state index is 9.37. The van der Waals surface area contributed by atoms with Crippen molar-refractivity contribution in [2.75, 3.05) is 6.61 Å². The first kappa shape index (κ1) is 30.8. The van der Waals surface area contributed by atoms with Gasteiger partial charge >= 0.3 is 17.9 Å². The van der Waals surface area contributed by atoms with E-state index in [0.29, 0.717) is 0 Å². The van der Waals surface area contributed by atoms with Crippen LogP contribution in [0.2, 0.25) is 0 Å². The van der Waals surface area contributed by atoms with Crippen LogP contribution >= 0.6 is 0 Å². The number of aliphatic hydroxyl groups is 1. The summed E-state index contributed by atoms with van der Waals surface area (Å²) >= 11 is 0. The fourth-order valence-electron chi connectivity index (χ4n) is 0. The van der Waals surface area contributed by atoms with Gasteiger partial charge in [0, 0.05) is 47.6 Å². The van der Waals surface area contributed by atoms with Crippen molar-refractivity contribution in [1.82, 2.24) is 0 Å². The number of carbonyl (C=O) groups is 3. The van der Waals surface area contributed by atoms with Crippen LogP contribution in [0, 0.1) is 0 Å². The van der Waals surface area contributed by atoms with Crippen molar-refractivity contribution in [3.63, 3.8) is 0 Å². The Balaban J connectivity index is -0.0000000458. The maximum Gasteiger partial charge on any atom is 0.303 e. The van der Waals surface area contributed by atoms with Crippen molar-refractivity contribution in [2.24, 2.45) is 0 Å². The number of rotatable bonds is 3. The van der Waals surface area contributed by atoms with Crippen LogP contribution in [-0.2, 0) is 36.1 Å². The fraction of sp³-hybridized carbons (Fsp3) is 0.727. The van der Waals surface area contributed by atoms with E-state index in [1.165, 1.54) is 0 Å². The van der Waals surface area contributed by atoms with Crippen LogP contribution in [0.15, 0.2) is 0 Å². The summed E-state index contributed by atoms with van der Waals surface area (Å²) in [5, 5.41) is 30.7. The third-order valence-corrected chi connectivity index (χ3v) is 0.907. The predicted octanol–water partition coefficient (Wildman–Crippen LogP) is 1.44. The maximum absolute atomic E-state index is 9.37. The summed E-state index contributed by atoms with van der Waals surface area (Å²) in [5.41, 5.74) is 0. The molecule has 0 spiro atoms. The standard InChI is InChI=1S/3C3H6O2.C2H6O.Ti/c3*1-2-3(4)5;1-2-3;/h3*2H2,1H3,(H,4,5);3H,2H2,1H3;. The Hall–Kier alpha value is -0.916. The minimum Gasteiger partial charge on any atom is -0.481 e. The zero-order chi connectivity index (χ0) is 15.6. The minimum absolute atomic E-state index is 0. The predicted molar refractivity (Wildman–Crippen MR) is 66.5 cm³/mol. The smallest absolute Gasteiger partial charge is 0.303 e. The van der Waals surface area contributed by atoms with E-state index in [-0.39, 0.29) is 47.6 Å². The van der Waals surface area contributed by atoms with Crippen LogP contribution in [0.4, 0.5) is 0 Å². The second kappa shape index (κ2) is 30.3. The van der Waals surface area contributed by atoms with Gasteiger partial charge in [0.05, 0.1) is 0 Å². The molecular weight excluding hydrogens is 292 g/mol. The Morgan fingerprint density at radius 1 is 0.684 bits per heavy atom. The number of hydrogen-bond acceptors (Lipinski definition) is 4. The molecule has 0 radical (unpaired) electrons. The van der Waals surface area contributed by atoms with Gasteiger partial charge in [-0.1, -0.05) is 20.8 Å². The van der Waals surface area contributed by atoms with Gasteiger partial charge in [-0.15, -0.1) is 0 Å². The summed E-state index contributed by atoms with van der Waals surface area (Å²) in [4.78, 5) is 28.1. The van der Waals surface area contributed by atoms with E-state index in [2.05, 4.69) is 0 Å². The van der Waals surface area contributed by atoms with Gasteiger partial charge in [0.1, 0.15) is 0 Å². The molecule has 0 heterocycles. The quantitative estimate of drug-likeness (QED) is 0.579.